The Morgan fingerprint density at radius 2 is 1.50 bits per heavy atom. The Hall–Kier alpha value is 0.177. The number of hydrogen-bond donors (Lipinski definition) is 0. The van der Waals surface area contributed by atoms with Crippen LogP contribution < -0.4 is 0 Å². The van der Waals surface area contributed by atoms with Gasteiger partial charge in [-0.2, -0.15) is 0 Å². The maximum absolute atomic E-state index is 5.80. The lowest BCUT2D eigenvalue weighted by molar-refractivity contribution is 0.0171. The summed E-state index contributed by atoms with van der Waals surface area (Å²) >= 11 is 0. The van der Waals surface area contributed by atoms with E-state index in [2.05, 4.69) is 13.8 Å². The molecule has 2 heteroatoms. The fourth-order valence-electron chi connectivity index (χ4n) is 4.59. The average Bonchev–Trinajstić information content (AvgIpc) is 2.49. The van der Waals surface area contributed by atoms with Crippen molar-refractivity contribution in [2.24, 2.45) is 11.8 Å². The van der Waals surface area contributed by atoms with E-state index >= 15 is 0 Å². The second kappa shape index (κ2) is 9.25. The first-order chi connectivity index (χ1) is 9.83. The molecule has 0 amide bonds. The molecule has 0 radical (unpaired) electrons. The third-order valence-electron chi connectivity index (χ3n) is 5.90. The molecule has 1 nitrogen and oxygen atoms in total. The van der Waals surface area contributed by atoms with E-state index < -0.39 is 0 Å². The van der Waals surface area contributed by atoms with Gasteiger partial charge in [-0.1, -0.05) is 57.2 Å². The highest BCUT2D eigenvalue weighted by atomic mass is 28.3. The van der Waals surface area contributed by atoms with Gasteiger partial charge in [-0.25, -0.2) is 0 Å². The molecule has 118 valence electrons. The first-order valence-corrected chi connectivity index (χ1v) is 11.9. The van der Waals surface area contributed by atoms with E-state index in [1.807, 2.05) is 0 Å². The number of unbranched alkanes of at least 4 members (excludes halogenated alkanes) is 2. The molecule has 1 aliphatic carbocycles. The van der Waals surface area contributed by atoms with Gasteiger partial charge in [-0.05, 0) is 44.4 Å². The molecular weight excluding hydrogens is 260 g/mol. The normalized spacial score (nSPS) is 35.1. The van der Waals surface area contributed by atoms with Crippen molar-refractivity contribution in [3.8, 4) is 0 Å². The molecule has 0 unspecified atom stereocenters. The predicted octanol–water partition coefficient (Wildman–Crippen LogP) is 5.41. The summed E-state index contributed by atoms with van der Waals surface area (Å²) < 4.78 is 5.80. The first kappa shape index (κ1) is 16.5. The van der Waals surface area contributed by atoms with Gasteiger partial charge in [0.15, 0.2) is 0 Å². The van der Waals surface area contributed by atoms with E-state index in [4.69, 9.17) is 4.74 Å². The third kappa shape index (κ3) is 5.18. The van der Waals surface area contributed by atoms with Crippen molar-refractivity contribution in [1.29, 1.82) is 0 Å². The minimum absolute atomic E-state index is 0.299. The fraction of sp³-hybridized carbons (Fsp3) is 1.00. The summed E-state index contributed by atoms with van der Waals surface area (Å²) in [4.78, 5) is 0. The van der Waals surface area contributed by atoms with Gasteiger partial charge in [0.1, 0.15) is 0 Å². The Balaban J connectivity index is 1.62. The van der Waals surface area contributed by atoms with Crippen LogP contribution in [0.1, 0.15) is 71.6 Å². The molecule has 1 saturated carbocycles. The molecule has 1 aliphatic heterocycles. The molecule has 0 atom stereocenters. The first-order valence-electron chi connectivity index (χ1n) is 9.45. The zero-order chi connectivity index (χ0) is 14.2. The van der Waals surface area contributed by atoms with Gasteiger partial charge in [0, 0.05) is 15.4 Å². The van der Waals surface area contributed by atoms with Crippen molar-refractivity contribution >= 4 is 8.80 Å². The average molecular weight is 297 g/mol. The van der Waals surface area contributed by atoms with Crippen LogP contribution >= 0.6 is 0 Å². The lowest BCUT2D eigenvalue weighted by atomic mass is 9.76. The molecule has 0 N–H and O–H groups in total. The fourth-order valence-corrected chi connectivity index (χ4v) is 8.12. The molecule has 2 rings (SSSR count). The highest BCUT2D eigenvalue weighted by molar-refractivity contribution is 6.58. The van der Waals surface area contributed by atoms with Crippen molar-refractivity contribution in [3.63, 3.8) is 0 Å². The zero-order valence-corrected chi connectivity index (χ0v) is 15.1. The summed E-state index contributed by atoms with van der Waals surface area (Å²) in [5.41, 5.74) is 0. The van der Waals surface area contributed by atoms with Gasteiger partial charge in [0.25, 0.3) is 0 Å². The lowest BCUT2D eigenvalue weighted by Crippen LogP contribution is -2.30. The highest BCUT2D eigenvalue weighted by Crippen LogP contribution is 2.40. The van der Waals surface area contributed by atoms with E-state index in [-0.39, 0.29) is 8.80 Å². The monoisotopic (exact) mass is 296 g/mol. The van der Waals surface area contributed by atoms with Crippen molar-refractivity contribution in [2.75, 3.05) is 6.61 Å². The topological polar surface area (TPSA) is 9.23 Å². The molecule has 20 heavy (non-hydrogen) atoms. The van der Waals surface area contributed by atoms with Gasteiger partial charge in [-0.15, -0.1) is 0 Å². The summed E-state index contributed by atoms with van der Waals surface area (Å²) in [6.07, 6.45) is 13.8. The van der Waals surface area contributed by atoms with Gasteiger partial charge in [0.2, 0.25) is 0 Å². The Morgan fingerprint density at radius 3 is 2.10 bits per heavy atom. The zero-order valence-electron chi connectivity index (χ0n) is 13.9. The van der Waals surface area contributed by atoms with Crippen LogP contribution in [0.2, 0.25) is 18.1 Å². The van der Waals surface area contributed by atoms with Crippen LogP contribution in [0.4, 0.5) is 0 Å². The van der Waals surface area contributed by atoms with E-state index in [0.717, 1.165) is 18.4 Å². The van der Waals surface area contributed by atoms with Crippen LogP contribution in [0, 0.1) is 11.8 Å². The van der Waals surface area contributed by atoms with Crippen molar-refractivity contribution in [1.82, 2.24) is 0 Å². The standard InChI is InChI=1S/C18H36OSi/c1-3-5-6-13-20-14-11-17(12-15-20)16-7-9-18(10-8-16)19-4-2/h16-18,20H,3-15H2,1-2H3. The Bertz CT molecular complexity index is 240. The van der Waals surface area contributed by atoms with Crippen molar-refractivity contribution in [3.05, 3.63) is 0 Å². The number of ether oxygens (including phenoxy) is 1. The minimum atomic E-state index is -0.299. The third-order valence-corrected chi connectivity index (χ3v) is 9.42. The van der Waals surface area contributed by atoms with Gasteiger partial charge in [0.05, 0.1) is 6.10 Å². The molecule has 0 aromatic heterocycles. The molecular formula is C18H36OSi. The molecule has 0 spiro atoms. The maximum atomic E-state index is 5.80. The van der Waals surface area contributed by atoms with Crippen LogP contribution in [0.25, 0.3) is 0 Å². The Morgan fingerprint density at radius 1 is 0.850 bits per heavy atom. The molecule has 0 aromatic rings. The van der Waals surface area contributed by atoms with Gasteiger partial charge < -0.3 is 4.74 Å². The molecule has 0 aromatic carbocycles. The second-order valence-electron chi connectivity index (χ2n) is 7.27. The SMILES string of the molecule is CCCCC[SiH]1CCC(C2CCC(OCC)CC2)CC1. The Labute approximate surface area is 128 Å². The van der Waals surface area contributed by atoms with E-state index in [9.17, 15) is 0 Å². The summed E-state index contributed by atoms with van der Waals surface area (Å²) in [6.45, 7) is 5.37. The molecule has 1 saturated heterocycles. The number of rotatable bonds is 7. The maximum Gasteiger partial charge on any atom is 0.0575 e. The highest BCUT2D eigenvalue weighted by Gasteiger charge is 2.31. The van der Waals surface area contributed by atoms with Crippen molar-refractivity contribution < 1.29 is 4.74 Å². The largest absolute Gasteiger partial charge is 0.379 e. The summed E-state index contributed by atoms with van der Waals surface area (Å²) in [5.74, 6) is 2.14. The van der Waals surface area contributed by atoms with E-state index in [1.54, 1.807) is 31.0 Å². The van der Waals surface area contributed by atoms with Gasteiger partial charge in [-0.3, -0.25) is 0 Å². The van der Waals surface area contributed by atoms with Crippen molar-refractivity contribution in [2.45, 2.75) is 95.9 Å². The van der Waals surface area contributed by atoms with Crippen LogP contribution in [0.5, 0.6) is 0 Å². The Kier molecular flexibility index (Phi) is 7.65. The lowest BCUT2D eigenvalue weighted by Gasteiger charge is -2.37. The van der Waals surface area contributed by atoms with Crippen LogP contribution in [-0.4, -0.2) is 21.5 Å². The summed E-state index contributed by atoms with van der Waals surface area (Å²) in [6, 6.07) is 4.98. The predicted molar refractivity (Wildman–Crippen MR) is 91.2 cm³/mol. The van der Waals surface area contributed by atoms with Crippen LogP contribution in [0.3, 0.4) is 0 Å². The summed E-state index contributed by atoms with van der Waals surface area (Å²) in [7, 11) is -0.299. The molecule has 0 bridgehead atoms. The number of hydrogen-bond acceptors (Lipinski definition) is 1. The van der Waals surface area contributed by atoms with Crippen LogP contribution in [0.15, 0.2) is 0 Å². The molecule has 2 aliphatic rings. The van der Waals surface area contributed by atoms with Crippen LogP contribution in [-0.2, 0) is 4.74 Å². The minimum Gasteiger partial charge on any atom is -0.379 e. The molecule has 2 fully saturated rings. The van der Waals surface area contributed by atoms with E-state index in [0.29, 0.717) is 6.10 Å². The second-order valence-corrected chi connectivity index (χ2v) is 10.7. The quantitative estimate of drug-likeness (QED) is 0.451. The van der Waals surface area contributed by atoms with Gasteiger partial charge >= 0.3 is 0 Å². The summed E-state index contributed by atoms with van der Waals surface area (Å²) in [5, 5.41) is 0. The smallest absolute Gasteiger partial charge is 0.0575 e. The molecule has 1 heterocycles. The van der Waals surface area contributed by atoms with E-state index in [1.165, 1.54) is 44.9 Å².